The summed E-state index contributed by atoms with van der Waals surface area (Å²) in [6.07, 6.45) is -5.77. The molecule has 0 aromatic heterocycles. The van der Waals surface area contributed by atoms with E-state index in [1.165, 1.54) is 0 Å². The molecule has 0 saturated heterocycles. The van der Waals surface area contributed by atoms with Gasteiger partial charge in [0, 0.05) is 0 Å². The number of carboxylic acids is 4. The number of carbonyl (C=O) groups is 4. The summed E-state index contributed by atoms with van der Waals surface area (Å²) in [6, 6.07) is 0. The molecular weight excluding hydrogens is 304 g/mol. The molecule has 0 bridgehead atoms. The molecule has 0 aliphatic carbocycles. The largest absolute Gasteiger partial charge is 0.481 e. The van der Waals surface area contributed by atoms with E-state index in [2.05, 4.69) is 4.89 Å². The van der Waals surface area contributed by atoms with Crippen molar-refractivity contribution in [2.45, 2.75) is 24.4 Å². The molecule has 0 saturated carbocycles. The van der Waals surface area contributed by atoms with E-state index in [1.54, 1.807) is 0 Å². The van der Waals surface area contributed by atoms with Gasteiger partial charge in [0.25, 0.3) is 0 Å². The van der Waals surface area contributed by atoms with Gasteiger partial charge in [-0.15, -0.1) is 0 Å². The van der Waals surface area contributed by atoms with Crippen molar-refractivity contribution in [3.05, 3.63) is 0 Å². The van der Waals surface area contributed by atoms with Crippen LogP contribution in [-0.4, -0.2) is 82.9 Å². The number of rotatable bonds is 7. The SMILES string of the molecule is O=C(O)C(O)C(O)C(=O)O.O=C(O)CC(O)(OO)C(=O)O. The summed E-state index contributed by atoms with van der Waals surface area (Å²) in [5.41, 5.74) is 0. The van der Waals surface area contributed by atoms with Crippen molar-refractivity contribution in [2.75, 3.05) is 0 Å². The number of aliphatic carboxylic acids is 4. The number of carboxylic acid groups (broad SMARTS) is 4. The van der Waals surface area contributed by atoms with Crippen LogP contribution in [0, 0.1) is 0 Å². The second-order valence-electron chi connectivity index (χ2n) is 3.32. The molecule has 0 aromatic carbocycles. The average molecular weight is 316 g/mol. The van der Waals surface area contributed by atoms with E-state index >= 15 is 0 Å². The van der Waals surface area contributed by atoms with Gasteiger partial charge >= 0.3 is 29.7 Å². The highest BCUT2D eigenvalue weighted by Gasteiger charge is 2.40. The van der Waals surface area contributed by atoms with Crippen molar-refractivity contribution in [3.8, 4) is 0 Å². The van der Waals surface area contributed by atoms with E-state index in [0.717, 1.165) is 0 Å². The van der Waals surface area contributed by atoms with Gasteiger partial charge in [0.2, 0.25) is 0 Å². The summed E-state index contributed by atoms with van der Waals surface area (Å²) in [7, 11) is 0. The molecule has 3 unspecified atom stereocenters. The highest BCUT2D eigenvalue weighted by Crippen LogP contribution is 2.10. The van der Waals surface area contributed by atoms with Crippen molar-refractivity contribution in [1.29, 1.82) is 0 Å². The van der Waals surface area contributed by atoms with Crippen LogP contribution in [0.4, 0.5) is 0 Å². The Morgan fingerprint density at radius 3 is 1.33 bits per heavy atom. The topological polar surface area (TPSA) is 239 Å². The minimum atomic E-state index is -3.06. The van der Waals surface area contributed by atoms with Gasteiger partial charge in [-0.3, -0.25) is 4.79 Å². The molecule has 0 aromatic rings. The molecule has 21 heavy (non-hydrogen) atoms. The lowest BCUT2D eigenvalue weighted by Gasteiger charge is -2.15. The first-order valence-corrected chi connectivity index (χ1v) is 4.71. The van der Waals surface area contributed by atoms with Crippen molar-refractivity contribution >= 4 is 23.9 Å². The molecule has 3 atom stereocenters. The third kappa shape index (κ3) is 7.75. The Labute approximate surface area is 114 Å². The predicted molar refractivity (Wildman–Crippen MR) is 55.8 cm³/mol. The fourth-order valence-corrected chi connectivity index (χ4v) is 0.622. The second kappa shape index (κ2) is 8.77. The zero-order chi connectivity index (χ0) is 17.4. The fourth-order valence-electron chi connectivity index (χ4n) is 0.622. The molecule has 0 aliphatic rings. The Morgan fingerprint density at radius 2 is 1.24 bits per heavy atom. The average Bonchev–Trinajstić information content (AvgIpc) is 2.36. The van der Waals surface area contributed by atoms with E-state index in [4.69, 9.17) is 41.0 Å². The van der Waals surface area contributed by atoms with Crippen LogP contribution in [0.25, 0.3) is 0 Å². The summed E-state index contributed by atoms with van der Waals surface area (Å²) in [4.78, 5) is 42.5. The summed E-state index contributed by atoms with van der Waals surface area (Å²) in [5.74, 6) is -10.2. The van der Waals surface area contributed by atoms with Gasteiger partial charge in [-0.2, -0.15) is 4.89 Å². The molecule has 0 fully saturated rings. The van der Waals surface area contributed by atoms with Crippen LogP contribution < -0.4 is 0 Å². The molecule has 13 nitrogen and oxygen atoms in total. The fraction of sp³-hybridized carbons (Fsp3) is 0.500. The van der Waals surface area contributed by atoms with Crippen molar-refractivity contribution in [3.63, 3.8) is 0 Å². The standard InChI is InChI=1S/C4H6O7.C4H6O6/c5-2(6)1-4(9,11-10)3(7)8;5-1(3(7)8)2(6)4(9)10/h9-10H,1H2,(H,5,6)(H,7,8);1-2,5-6H,(H,7,8)(H,9,10). The van der Waals surface area contributed by atoms with Crippen molar-refractivity contribution in [2.24, 2.45) is 0 Å². The lowest BCUT2D eigenvalue weighted by Crippen LogP contribution is -2.42. The minimum Gasteiger partial charge on any atom is -0.481 e. The Bertz CT molecular complexity index is 385. The third-order valence-electron chi connectivity index (χ3n) is 1.68. The zero-order valence-electron chi connectivity index (χ0n) is 9.98. The normalized spacial score (nSPS) is 15.6. The van der Waals surface area contributed by atoms with E-state index in [0.29, 0.717) is 0 Å². The first-order valence-electron chi connectivity index (χ1n) is 4.71. The summed E-state index contributed by atoms with van der Waals surface area (Å²) in [6.45, 7) is 0. The summed E-state index contributed by atoms with van der Waals surface area (Å²) < 4.78 is 0. The second-order valence-corrected chi connectivity index (χ2v) is 3.32. The van der Waals surface area contributed by atoms with Gasteiger partial charge in [0.1, 0.15) is 6.42 Å². The molecule has 0 spiro atoms. The molecule has 8 N–H and O–H groups in total. The molecule has 0 aliphatic heterocycles. The number of hydrogen-bond acceptors (Lipinski definition) is 9. The first kappa shape index (κ1) is 21.0. The maximum Gasteiger partial charge on any atom is 0.367 e. The minimum absolute atomic E-state index is 1.24. The van der Waals surface area contributed by atoms with Crippen LogP contribution in [0.5, 0.6) is 0 Å². The Kier molecular flexibility index (Phi) is 8.77. The Balaban J connectivity index is 0. The molecule has 13 heteroatoms. The van der Waals surface area contributed by atoms with Gasteiger partial charge in [0.05, 0.1) is 0 Å². The van der Waals surface area contributed by atoms with Crippen molar-refractivity contribution in [1.82, 2.24) is 0 Å². The van der Waals surface area contributed by atoms with E-state index in [1.807, 2.05) is 0 Å². The summed E-state index contributed by atoms with van der Waals surface area (Å²) in [5, 5.41) is 65.0. The zero-order valence-corrected chi connectivity index (χ0v) is 9.98. The quantitative estimate of drug-likeness (QED) is 0.130. The Morgan fingerprint density at radius 1 is 0.905 bits per heavy atom. The van der Waals surface area contributed by atoms with Gasteiger partial charge in [0.15, 0.2) is 12.2 Å². The van der Waals surface area contributed by atoms with E-state index in [-0.39, 0.29) is 0 Å². The van der Waals surface area contributed by atoms with E-state index in [9.17, 15) is 19.2 Å². The van der Waals surface area contributed by atoms with Crippen LogP contribution in [-0.2, 0) is 24.1 Å². The summed E-state index contributed by atoms with van der Waals surface area (Å²) >= 11 is 0. The van der Waals surface area contributed by atoms with Gasteiger partial charge in [-0.05, 0) is 0 Å². The lowest BCUT2D eigenvalue weighted by molar-refractivity contribution is -0.378. The third-order valence-corrected chi connectivity index (χ3v) is 1.68. The highest BCUT2D eigenvalue weighted by molar-refractivity contribution is 5.83. The molecule has 122 valence electrons. The van der Waals surface area contributed by atoms with Crippen LogP contribution in [0.1, 0.15) is 6.42 Å². The molecule has 0 amide bonds. The van der Waals surface area contributed by atoms with Crippen LogP contribution in [0.3, 0.4) is 0 Å². The maximum atomic E-state index is 9.99. The van der Waals surface area contributed by atoms with Crippen LogP contribution in [0.2, 0.25) is 0 Å². The number of hydrogen-bond donors (Lipinski definition) is 8. The van der Waals surface area contributed by atoms with Crippen LogP contribution in [0.15, 0.2) is 0 Å². The highest BCUT2D eigenvalue weighted by atomic mass is 17.1. The molecular formula is C8H12O13. The lowest BCUT2D eigenvalue weighted by atomic mass is 10.2. The van der Waals surface area contributed by atoms with Gasteiger partial charge in [-0.25, -0.2) is 19.6 Å². The van der Waals surface area contributed by atoms with Gasteiger partial charge in [-0.1, -0.05) is 0 Å². The number of aliphatic hydroxyl groups is 3. The van der Waals surface area contributed by atoms with E-state index < -0.39 is 48.3 Å². The van der Waals surface area contributed by atoms with Gasteiger partial charge < -0.3 is 35.7 Å². The predicted octanol–water partition coefficient (Wildman–Crippen LogP) is -3.40. The molecule has 0 rings (SSSR count). The van der Waals surface area contributed by atoms with Crippen molar-refractivity contribution < 1.29 is 65.1 Å². The van der Waals surface area contributed by atoms with Crippen LogP contribution >= 0.6 is 0 Å². The smallest absolute Gasteiger partial charge is 0.367 e. The monoisotopic (exact) mass is 316 g/mol. The molecule has 0 radical (unpaired) electrons. The molecule has 0 heterocycles. The maximum absolute atomic E-state index is 9.99. The Hall–Kier alpha value is -2.32. The number of aliphatic hydroxyl groups excluding tert-OH is 2. The first-order chi connectivity index (χ1) is 9.38.